The Hall–Kier alpha value is -3.47. The molecule has 0 fully saturated rings. The summed E-state index contributed by atoms with van der Waals surface area (Å²) in [6.45, 7) is 0. The van der Waals surface area contributed by atoms with Crippen LogP contribution in [0.2, 0.25) is 0 Å². The molecule has 0 atom stereocenters. The minimum Gasteiger partial charge on any atom is -0.437 e. The predicted molar refractivity (Wildman–Crippen MR) is 98.2 cm³/mol. The Labute approximate surface area is 149 Å². The van der Waals surface area contributed by atoms with Crippen LogP contribution in [0.25, 0.3) is 33.6 Å². The van der Waals surface area contributed by atoms with Crippen LogP contribution in [-0.2, 0) is 0 Å². The van der Waals surface area contributed by atoms with E-state index in [1.807, 2.05) is 36.4 Å². The van der Waals surface area contributed by atoms with Gasteiger partial charge in [-0.2, -0.15) is 0 Å². The van der Waals surface area contributed by atoms with Gasteiger partial charge in [0.25, 0.3) is 5.91 Å². The van der Waals surface area contributed by atoms with Gasteiger partial charge in [0.1, 0.15) is 11.6 Å². The van der Waals surface area contributed by atoms with Gasteiger partial charge in [0.2, 0.25) is 5.71 Å². The number of pyridine rings is 1. The quantitative estimate of drug-likeness (QED) is 0.587. The van der Waals surface area contributed by atoms with E-state index in [0.29, 0.717) is 28.0 Å². The second-order valence-corrected chi connectivity index (χ2v) is 5.83. The predicted octanol–water partition coefficient (Wildman–Crippen LogP) is 4.66. The van der Waals surface area contributed by atoms with E-state index in [2.05, 4.69) is 10.3 Å². The Morgan fingerprint density at radius 2 is 1.73 bits per heavy atom. The van der Waals surface area contributed by atoms with E-state index >= 15 is 0 Å². The highest BCUT2D eigenvalue weighted by molar-refractivity contribution is 6.11. The number of hydrogen-bond donors (Lipinski definition) is 1. The Kier molecular flexibility index (Phi) is 3.97. The number of fused-ring (bicyclic) bond motifs is 1. The monoisotopic (exact) mass is 346 g/mol. The average Bonchev–Trinajstić information content (AvgIpc) is 3.07. The number of nitrogens with one attached hydrogen (secondary N) is 1. The molecule has 0 bridgehead atoms. The number of carbonyl (C=O) groups excluding carboxylic acids is 1. The van der Waals surface area contributed by atoms with E-state index < -0.39 is 0 Å². The lowest BCUT2D eigenvalue weighted by Gasteiger charge is -2.03. The molecule has 5 heteroatoms. The van der Waals surface area contributed by atoms with Gasteiger partial charge < -0.3 is 9.73 Å². The zero-order valence-corrected chi connectivity index (χ0v) is 14.0. The van der Waals surface area contributed by atoms with E-state index in [1.165, 1.54) is 12.1 Å². The van der Waals surface area contributed by atoms with Gasteiger partial charge in [-0.05, 0) is 35.9 Å². The number of amides is 1. The first-order valence-electron chi connectivity index (χ1n) is 8.13. The Balaban J connectivity index is 1.95. The van der Waals surface area contributed by atoms with Crippen LogP contribution in [0, 0.1) is 5.82 Å². The molecule has 128 valence electrons. The summed E-state index contributed by atoms with van der Waals surface area (Å²) in [4.78, 5) is 16.9. The molecule has 4 aromatic rings. The zero-order valence-electron chi connectivity index (χ0n) is 14.0. The number of hydrogen-bond acceptors (Lipinski definition) is 3. The Morgan fingerprint density at radius 1 is 1.00 bits per heavy atom. The first kappa shape index (κ1) is 16.0. The van der Waals surface area contributed by atoms with Gasteiger partial charge in [-0.3, -0.25) is 4.79 Å². The van der Waals surface area contributed by atoms with Crippen molar-refractivity contribution in [2.45, 2.75) is 0 Å². The first-order valence-corrected chi connectivity index (χ1v) is 8.13. The van der Waals surface area contributed by atoms with E-state index in [0.717, 1.165) is 11.1 Å². The number of nitrogens with zero attached hydrogens (tertiary/aromatic N) is 1. The van der Waals surface area contributed by atoms with Crippen LogP contribution in [0.1, 0.15) is 10.4 Å². The summed E-state index contributed by atoms with van der Waals surface area (Å²) < 4.78 is 19.1. The molecule has 0 unspecified atom stereocenters. The second kappa shape index (κ2) is 6.44. The molecule has 4 nitrogen and oxygen atoms in total. The van der Waals surface area contributed by atoms with Crippen LogP contribution in [0.3, 0.4) is 0 Å². The van der Waals surface area contributed by atoms with E-state index in [9.17, 15) is 9.18 Å². The highest BCUT2D eigenvalue weighted by atomic mass is 19.1. The molecular formula is C21H15FN2O2. The van der Waals surface area contributed by atoms with Crippen LogP contribution in [0.5, 0.6) is 0 Å². The molecule has 0 saturated heterocycles. The third-order valence-electron chi connectivity index (χ3n) is 4.21. The van der Waals surface area contributed by atoms with Crippen molar-refractivity contribution in [2.24, 2.45) is 0 Å². The smallest absolute Gasteiger partial charge is 0.255 e. The molecule has 2 heterocycles. The summed E-state index contributed by atoms with van der Waals surface area (Å²) in [6, 6.07) is 17.5. The summed E-state index contributed by atoms with van der Waals surface area (Å²) in [5.74, 6) is -0.261. The minimum absolute atomic E-state index is 0.282. The maximum Gasteiger partial charge on any atom is 0.255 e. The number of furan rings is 1. The zero-order chi connectivity index (χ0) is 18.1. The van der Waals surface area contributed by atoms with Crippen LogP contribution in [0.4, 0.5) is 4.39 Å². The summed E-state index contributed by atoms with van der Waals surface area (Å²) in [5, 5.41) is 3.26. The summed E-state index contributed by atoms with van der Waals surface area (Å²) in [6.07, 6.45) is 1.71. The highest BCUT2D eigenvalue weighted by Gasteiger charge is 2.22. The number of carbonyl (C=O) groups is 1. The lowest BCUT2D eigenvalue weighted by atomic mass is 10.0. The van der Waals surface area contributed by atoms with Crippen molar-refractivity contribution in [1.29, 1.82) is 0 Å². The molecule has 0 aliphatic rings. The highest BCUT2D eigenvalue weighted by Crippen LogP contribution is 2.34. The van der Waals surface area contributed by atoms with Gasteiger partial charge in [0.05, 0.1) is 10.9 Å². The molecular weight excluding hydrogens is 331 g/mol. The van der Waals surface area contributed by atoms with Crippen molar-refractivity contribution < 1.29 is 13.6 Å². The molecule has 0 aliphatic carbocycles. The fourth-order valence-corrected chi connectivity index (χ4v) is 2.93. The summed E-state index contributed by atoms with van der Waals surface area (Å²) >= 11 is 0. The van der Waals surface area contributed by atoms with Gasteiger partial charge >= 0.3 is 0 Å². The molecule has 26 heavy (non-hydrogen) atoms. The maximum absolute atomic E-state index is 13.3. The van der Waals surface area contributed by atoms with Crippen LogP contribution in [0.15, 0.2) is 71.3 Å². The van der Waals surface area contributed by atoms with Crippen LogP contribution < -0.4 is 5.32 Å². The lowest BCUT2D eigenvalue weighted by Crippen LogP contribution is -2.18. The first-order chi connectivity index (χ1) is 12.7. The summed E-state index contributed by atoms with van der Waals surface area (Å²) in [5.41, 5.74) is 3.25. The molecule has 0 spiro atoms. The van der Waals surface area contributed by atoms with Crippen molar-refractivity contribution >= 4 is 17.0 Å². The van der Waals surface area contributed by atoms with Gasteiger partial charge in [0.15, 0.2) is 0 Å². The number of halogens is 1. The second-order valence-electron chi connectivity index (χ2n) is 5.83. The minimum atomic E-state index is -0.351. The van der Waals surface area contributed by atoms with Gasteiger partial charge in [-0.1, -0.05) is 30.3 Å². The van der Waals surface area contributed by atoms with Crippen LogP contribution >= 0.6 is 0 Å². The van der Waals surface area contributed by atoms with Crippen molar-refractivity contribution in [3.05, 3.63) is 78.2 Å². The average molecular weight is 346 g/mol. The van der Waals surface area contributed by atoms with Crippen molar-refractivity contribution in [3.63, 3.8) is 0 Å². The molecule has 1 N–H and O–H groups in total. The molecule has 2 aromatic heterocycles. The summed E-state index contributed by atoms with van der Waals surface area (Å²) in [7, 11) is 1.56. The normalized spacial score (nSPS) is 10.8. The molecule has 2 aromatic carbocycles. The number of benzene rings is 2. The maximum atomic E-state index is 13.3. The van der Waals surface area contributed by atoms with Crippen molar-refractivity contribution in [1.82, 2.24) is 10.3 Å². The van der Waals surface area contributed by atoms with Gasteiger partial charge in [-0.15, -0.1) is 0 Å². The van der Waals surface area contributed by atoms with Crippen molar-refractivity contribution in [3.8, 4) is 22.5 Å². The van der Waals surface area contributed by atoms with E-state index in [1.54, 1.807) is 25.4 Å². The molecule has 1 amide bonds. The van der Waals surface area contributed by atoms with Crippen LogP contribution in [-0.4, -0.2) is 17.9 Å². The Morgan fingerprint density at radius 3 is 2.42 bits per heavy atom. The SMILES string of the molecule is CNC(=O)c1c(-c2ccc(F)cc2)oc2ncc(-c3ccccc3)cc12. The van der Waals surface area contributed by atoms with E-state index in [4.69, 9.17) is 4.42 Å². The standard InChI is InChI=1S/C21H15FN2O2/c1-23-20(25)18-17-11-15(13-5-3-2-4-6-13)12-24-21(17)26-19(18)14-7-9-16(22)10-8-14/h2-12H,1H3,(H,23,25). The third-order valence-corrected chi connectivity index (χ3v) is 4.21. The fraction of sp³-hybridized carbons (Fsp3) is 0.0476. The molecule has 0 radical (unpaired) electrons. The number of rotatable bonds is 3. The van der Waals surface area contributed by atoms with Crippen molar-refractivity contribution in [2.75, 3.05) is 7.05 Å². The fourth-order valence-electron chi connectivity index (χ4n) is 2.93. The van der Waals surface area contributed by atoms with Gasteiger partial charge in [0, 0.05) is 24.4 Å². The molecule has 4 rings (SSSR count). The topological polar surface area (TPSA) is 55.1 Å². The van der Waals surface area contributed by atoms with Gasteiger partial charge in [-0.25, -0.2) is 9.37 Å². The molecule has 0 saturated carbocycles. The number of aromatic nitrogens is 1. The van der Waals surface area contributed by atoms with E-state index in [-0.39, 0.29) is 11.7 Å². The molecule has 0 aliphatic heterocycles. The Bertz CT molecular complexity index is 1090. The lowest BCUT2D eigenvalue weighted by molar-refractivity contribution is 0.0964. The largest absolute Gasteiger partial charge is 0.437 e. The third kappa shape index (κ3) is 2.73.